The van der Waals surface area contributed by atoms with Crippen LogP contribution in [0.15, 0.2) is 42.5 Å². The van der Waals surface area contributed by atoms with Gasteiger partial charge in [0, 0.05) is 30.4 Å². The van der Waals surface area contributed by atoms with Gasteiger partial charge in [-0.05, 0) is 30.8 Å². The fraction of sp³-hybridized carbons (Fsp3) is 0.200. The first-order chi connectivity index (χ1) is 9.04. The molecule has 0 saturated carbocycles. The van der Waals surface area contributed by atoms with Crippen molar-refractivity contribution >= 4 is 5.69 Å². The van der Waals surface area contributed by atoms with Crippen molar-refractivity contribution in [2.75, 3.05) is 12.8 Å². The molecule has 0 fully saturated rings. The van der Waals surface area contributed by atoms with Crippen LogP contribution in [0.4, 0.5) is 14.5 Å². The summed E-state index contributed by atoms with van der Waals surface area (Å²) in [7, 11) is 1.88. The molecule has 0 spiro atoms. The third kappa shape index (κ3) is 3.76. The van der Waals surface area contributed by atoms with Gasteiger partial charge in [-0.25, -0.2) is 8.78 Å². The van der Waals surface area contributed by atoms with Crippen molar-refractivity contribution < 1.29 is 8.78 Å². The van der Waals surface area contributed by atoms with E-state index in [4.69, 9.17) is 5.73 Å². The van der Waals surface area contributed by atoms with Crippen molar-refractivity contribution in [2.45, 2.75) is 13.1 Å². The summed E-state index contributed by atoms with van der Waals surface area (Å²) < 4.78 is 26.3. The van der Waals surface area contributed by atoms with Crippen molar-refractivity contribution in [1.82, 2.24) is 4.90 Å². The van der Waals surface area contributed by atoms with Crippen molar-refractivity contribution in [3.05, 3.63) is 65.2 Å². The number of nitrogen functional groups attached to an aromatic ring is 1. The smallest absolute Gasteiger partial charge is 0.130 e. The van der Waals surface area contributed by atoms with Gasteiger partial charge < -0.3 is 5.73 Å². The molecule has 2 rings (SSSR count). The van der Waals surface area contributed by atoms with E-state index in [1.165, 1.54) is 12.1 Å². The van der Waals surface area contributed by atoms with Crippen LogP contribution in [0.25, 0.3) is 0 Å². The van der Waals surface area contributed by atoms with E-state index in [-0.39, 0.29) is 0 Å². The molecule has 0 aliphatic heterocycles. The van der Waals surface area contributed by atoms with Gasteiger partial charge in [0.05, 0.1) is 0 Å². The van der Waals surface area contributed by atoms with Gasteiger partial charge in [0.2, 0.25) is 0 Å². The SMILES string of the molecule is CN(Cc1cccc(N)c1)Cc1ccc(F)cc1F. The number of nitrogens with zero attached hydrogens (tertiary/aromatic N) is 1. The minimum atomic E-state index is -0.556. The molecule has 0 atom stereocenters. The molecule has 0 radical (unpaired) electrons. The number of anilines is 1. The summed E-state index contributed by atoms with van der Waals surface area (Å²) >= 11 is 0. The summed E-state index contributed by atoms with van der Waals surface area (Å²) in [4.78, 5) is 1.95. The molecule has 0 aliphatic rings. The molecule has 0 amide bonds. The zero-order valence-electron chi connectivity index (χ0n) is 10.7. The van der Waals surface area contributed by atoms with Crippen LogP contribution in [0.2, 0.25) is 0 Å². The topological polar surface area (TPSA) is 29.3 Å². The molecule has 100 valence electrons. The van der Waals surface area contributed by atoms with Gasteiger partial charge >= 0.3 is 0 Å². The van der Waals surface area contributed by atoms with Crippen LogP contribution >= 0.6 is 0 Å². The van der Waals surface area contributed by atoms with Gasteiger partial charge in [-0.3, -0.25) is 4.90 Å². The highest BCUT2D eigenvalue weighted by molar-refractivity contribution is 5.40. The van der Waals surface area contributed by atoms with Crippen LogP contribution < -0.4 is 5.73 Å². The Labute approximate surface area is 111 Å². The van der Waals surface area contributed by atoms with Gasteiger partial charge in [-0.2, -0.15) is 0 Å². The maximum absolute atomic E-state index is 13.5. The molecule has 2 aromatic carbocycles. The van der Waals surface area contributed by atoms with Crippen LogP contribution in [-0.2, 0) is 13.1 Å². The second-order valence-corrected chi connectivity index (χ2v) is 4.65. The summed E-state index contributed by atoms with van der Waals surface area (Å²) in [5, 5.41) is 0. The molecule has 2 aromatic rings. The van der Waals surface area contributed by atoms with Crippen molar-refractivity contribution in [2.24, 2.45) is 0 Å². The largest absolute Gasteiger partial charge is 0.399 e. The van der Waals surface area contributed by atoms with Crippen LogP contribution in [0.3, 0.4) is 0 Å². The van der Waals surface area contributed by atoms with E-state index < -0.39 is 11.6 Å². The monoisotopic (exact) mass is 262 g/mol. The zero-order chi connectivity index (χ0) is 13.8. The molecule has 0 saturated heterocycles. The van der Waals surface area contributed by atoms with E-state index >= 15 is 0 Å². The molecule has 19 heavy (non-hydrogen) atoms. The number of benzene rings is 2. The third-order valence-electron chi connectivity index (χ3n) is 2.86. The lowest BCUT2D eigenvalue weighted by molar-refractivity contribution is 0.313. The van der Waals surface area contributed by atoms with Crippen molar-refractivity contribution in [3.8, 4) is 0 Å². The molecule has 0 bridgehead atoms. The fourth-order valence-corrected chi connectivity index (χ4v) is 2.00. The van der Waals surface area contributed by atoms with E-state index in [1.54, 1.807) is 0 Å². The molecule has 4 heteroatoms. The Morgan fingerprint density at radius 3 is 2.53 bits per heavy atom. The Hall–Kier alpha value is -1.94. The maximum Gasteiger partial charge on any atom is 0.130 e. The minimum Gasteiger partial charge on any atom is -0.399 e. The Bertz CT molecular complexity index is 570. The molecule has 0 aromatic heterocycles. The Kier molecular flexibility index (Phi) is 4.12. The lowest BCUT2D eigenvalue weighted by Gasteiger charge is -2.17. The molecule has 2 nitrogen and oxygen atoms in total. The number of nitrogens with two attached hydrogens (primary N) is 1. The first-order valence-corrected chi connectivity index (χ1v) is 6.01. The summed E-state index contributed by atoms with van der Waals surface area (Å²) in [5.41, 5.74) is 7.95. The van der Waals surface area contributed by atoms with Crippen molar-refractivity contribution in [1.29, 1.82) is 0 Å². The highest BCUT2D eigenvalue weighted by atomic mass is 19.1. The average Bonchev–Trinajstić information content (AvgIpc) is 2.33. The molecule has 0 unspecified atom stereocenters. The van der Waals surface area contributed by atoms with E-state index in [2.05, 4.69) is 0 Å². The number of rotatable bonds is 4. The predicted octanol–water partition coefficient (Wildman–Crippen LogP) is 3.18. The molecule has 0 heterocycles. The maximum atomic E-state index is 13.5. The van der Waals surface area contributed by atoms with Gasteiger partial charge in [-0.1, -0.05) is 18.2 Å². The Morgan fingerprint density at radius 2 is 1.84 bits per heavy atom. The first kappa shape index (κ1) is 13.5. The fourth-order valence-electron chi connectivity index (χ4n) is 2.00. The quantitative estimate of drug-likeness (QED) is 0.857. The van der Waals surface area contributed by atoms with Crippen LogP contribution in [0.1, 0.15) is 11.1 Å². The van der Waals surface area contributed by atoms with Gasteiger partial charge in [0.25, 0.3) is 0 Å². The van der Waals surface area contributed by atoms with Gasteiger partial charge in [-0.15, -0.1) is 0 Å². The number of hydrogen-bond donors (Lipinski definition) is 1. The van der Waals surface area contributed by atoms with E-state index in [0.717, 1.165) is 11.6 Å². The predicted molar refractivity (Wildman–Crippen MR) is 72.4 cm³/mol. The second kappa shape index (κ2) is 5.80. The second-order valence-electron chi connectivity index (χ2n) is 4.65. The third-order valence-corrected chi connectivity index (χ3v) is 2.86. The lowest BCUT2D eigenvalue weighted by atomic mass is 10.1. The summed E-state index contributed by atoms with van der Waals surface area (Å²) in [6.45, 7) is 1.07. The Morgan fingerprint density at radius 1 is 1.05 bits per heavy atom. The molecule has 0 aliphatic carbocycles. The molecule has 2 N–H and O–H groups in total. The number of halogens is 2. The summed E-state index contributed by atoms with van der Waals surface area (Å²) in [6.07, 6.45) is 0. The molecular weight excluding hydrogens is 246 g/mol. The van der Waals surface area contributed by atoms with Crippen LogP contribution in [0, 0.1) is 11.6 Å². The van der Waals surface area contributed by atoms with E-state index in [1.807, 2.05) is 36.2 Å². The number of hydrogen-bond acceptors (Lipinski definition) is 2. The standard InChI is InChI=1S/C15H16F2N2/c1-19(9-11-3-2-4-14(18)7-11)10-12-5-6-13(16)8-15(12)17/h2-8H,9-10,18H2,1H3. The normalized spacial score (nSPS) is 10.9. The highest BCUT2D eigenvalue weighted by Gasteiger charge is 2.07. The average molecular weight is 262 g/mol. The van der Waals surface area contributed by atoms with Gasteiger partial charge in [0.1, 0.15) is 11.6 Å². The van der Waals surface area contributed by atoms with Crippen molar-refractivity contribution in [3.63, 3.8) is 0 Å². The summed E-state index contributed by atoms with van der Waals surface area (Å²) in [6, 6.07) is 11.2. The van der Waals surface area contributed by atoms with E-state index in [0.29, 0.717) is 24.3 Å². The minimum absolute atomic E-state index is 0.418. The zero-order valence-corrected chi connectivity index (χ0v) is 10.7. The van der Waals surface area contributed by atoms with Crippen LogP contribution in [0.5, 0.6) is 0 Å². The summed E-state index contributed by atoms with van der Waals surface area (Å²) in [5.74, 6) is -1.07. The van der Waals surface area contributed by atoms with Gasteiger partial charge in [0.15, 0.2) is 0 Å². The highest BCUT2D eigenvalue weighted by Crippen LogP contribution is 2.14. The Balaban J connectivity index is 2.03. The first-order valence-electron chi connectivity index (χ1n) is 6.01. The molecular formula is C15H16F2N2. The lowest BCUT2D eigenvalue weighted by Crippen LogP contribution is -2.18. The van der Waals surface area contributed by atoms with E-state index in [9.17, 15) is 8.78 Å². The van der Waals surface area contributed by atoms with Crippen LogP contribution in [-0.4, -0.2) is 11.9 Å².